The van der Waals surface area contributed by atoms with Gasteiger partial charge in [0.1, 0.15) is 6.10 Å². The van der Waals surface area contributed by atoms with Crippen LogP contribution in [0.5, 0.6) is 0 Å². The van der Waals surface area contributed by atoms with Crippen molar-refractivity contribution in [1.82, 2.24) is 5.32 Å². The fourth-order valence-electron chi connectivity index (χ4n) is 9.31. The molecule has 1 N–H and O–H groups in total. The summed E-state index contributed by atoms with van der Waals surface area (Å²) in [5, 5.41) is 2.80. The maximum Gasteiger partial charge on any atom is 0.311 e. The van der Waals surface area contributed by atoms with Gasteiger partial charge in [-0.15, -0.1) is 0 Å². The van der Waals surface area contributed by atoms with Crippen LogP contribution in [0.1, 0.15) is 112 Å². The lowest BCUT2D eigenvalue weighted by Gasteiger charge is -2.61. The third-order valence-corrected chi connectivity index (χ3v) is 11.4. The van der Waals surface area contributed by atoms with E-state index in [9.17, 15) is 9.59 Å². The van der Waals surface area contributed by atoms with E-state index in [4.69, 9.17) is 4.74 Å². The van der Waals surface area contributed by atoms with Crippen LogP contribution < -0.4 is 5.32 Å². The highest BCUT2D eigenvalue weighted by Crippen LogP contribution is 2.68. The van der Waals surface area contributed by atoms with Crippen molar-refractivity contribution in [3.8, 4) is 0 Å². The van der Waals surface area contributed by atoms with Crippen molar-refractivity contribution < 1.29 is 14.3 Å². The Labute approximate surface area is 208 Å². The van der Waals surface area contributed by atoms with Crippen LogP contribution in [0.2, 0.25) is 0 Å². The predicted molar refractivity (Wildman–Crippen MR) is 137 cm³/mol. The topological polar surface area (TPSA) is 55.4 Å². The summed E-state index contributed by atoms with van der Waals surface area (Å²) in [7, 11) is 1.75. The number of rotatable bonds is 5. The van der Waals surface area contributed by atoms with E-state index >= 15 is 0 Å². The first-order valence-electron chi connectivity index (χ1n) is 14.3. The molecular weight excluding hydrogens is 422 g/mol. The predicted octanol–water partition coefficient (Wildman–Crippen LogP) is 6.77. The smallest absolute Gasteiger partial charge is 0.311 e. The monoisotopic (exact) mass is 473 g/mol. The molecule has 4 aliphatic rings. The molecule has 0 heterocycles. The molecule has 0 radical (unpaired) electrons. The molecule has 4 rings (SSSR count). The van der Waals surface area contributed by atoms with E-state index in [1.165, 1.54) is 44.9 Å². The number of hydrogen-bond donors (Lipinski definition) is 1. The highest BCUT2D eigenvalue weighted by molar-refractivity contribution is 5.75. The highest BCUT2D eigenvalue weighted by atomic mass is 16.5. The van der Waals surface area contributed by atoms with E-state index in [-0.39, 0.29) is 18.0 Å². The third kappa shape index (κ3) is 4.57. The van der Waals surface area contributed by atoms with Gasteiger partial charge < -0.3 is 10.1 Å². The summed E-state index contributed by atoms with van der Waals surface area (Å²) in [5.74, 6) is 4.80. The van der Waals surface area contributed by atoms with Gasteiger partial charge in [-0.1, -0.05) is 20.8 Å². The minimum absolute atomic E-state index is 0.0363. The van der Waals surface area contributed by atoms with Crippen LogP contribution in [-0.4, -0.2) is 25.0 Å². The molecule has 1 amide bonds. The molecule has 0 aliphatic heterocycles. The van der Waals surface area contributed by atoms with Crippen molar-refractivity contribution in [2.45, 2.75) is 118 Å². The van der Waals surface area contributed by atoms with Crippen LogP contribution in [0.3, 0.4) is 0 Å². The SMILES string of the molecule is CNC(=O)CC[C@@H](C)[C@H]1CCC2C3CC[C@@H]4C[C@H](OC(=O)C(C)(C)C)CC[C@]4(C)C3CC[C@@]21C. The fraction of sp³-hybridized carbons (Fsp3) is 0.933. The molecule has 0 bridgehead atoms. The summed E-state index contributed by atoms with van der Waals surface area (Å²) in [6.07, 6.45) is 13.3. The van der Waals surface area contributed by atoms with Gasteiger partial charge in [-0.25, -0.2) is 0 Å². The summed E-state index contributed by atoms with van der Waals surface area (Å²) >= 11 is 0. The zero-order chi connectivity index (χ0) is 24.9. The average molecular weight is 474 g/mol. The number of esters is 1. The Kier molecular flexibility index (Phi) is 7.22. The van der Waals surface area contributed by atoms with Crippen LogP contribution in [0.4, 0.5) is 0 Å². The molecule has 3 unspecified atom stereocenters. The largest absolute Gasteiger partial charge is 0.462 e. The molecule has 0 aromatic heterocycles. The maximum absolute atomic E-state index is 12.5. The quantitative estimate of drug-likeness (QED) is 0.449. The molecule has 0 aromatic rings. The van der Waals surface area contributed by atoms with Gasteiger partial charge in [-0.2, -0.15) is 0 Å². The molecule has 4 heteroatoms. The van der Waals surface area contributed by atoms with E-state index in [0.29, 0.717) is 29.1 Å². The van der Waals surface area contributed by atoms with Crippen molar-refractivity contribution in [3.63, 3.8) is 0 Å². The first kappa shape index (κ1) is 26.0. The summed E-state index contributed by atoms with van der Waals surface area (Å²) in [4.78, 5) is 24.3. The second-order valence-corrected chi connectivity index (χ2v) is 14.1. The van der Waals surface area contributed by atoms with E-state index < -0.39 is 5.41 Å². The van der Waals surface area contributed by atoms with Gasteiger partial charge in [0.15, 0.2) is 0 Å². The summed E-state index contributed by atoms with van der Waals surface area (Å²) in [5.41, 5.74) is 0.451. The third-order valence-electron chi connectivity index (χ3n) is 11.4. The van der Waals surface area contributed by atoms with Crippen LogP contribution >= 0.6 is 0 Å². The highest BCUT2D eigenvalue weighted by Gasteiger charge is 2.60. The number of ether oxygens (including phenoxy) is 1. The Morgan fingerprint density at radius 3 is 2.32 bits per heavy atom. The van der Waals surface area contributed by atoms with Gasteiger partial charge in [0.05, 0.1) is 5.41 Å². The minimum atomic E-state index is -0.414. The maximum atomic E-state index is 12.5. The molecule has 34 heavy (non-hydrogen) atoms. The molecule has 0 aromatic carbocycles. The first-order valence-corrected chi connectivity index (χ1v) is 14.3. The van der Waals surface area contributed by atoms with E-state index in [1.54, 1.807) is 7.05 Å². The average Bonchev–Trinajstić information content (AvgIpc) is 3.14. The van der Waals surface area contributed by atoms with Crippen molar-refractivity contribution in [3.05, 3.63) is 0 Å². The standard InChI is InChI=1S/C30H51NO3/c1-19(8-13-26(32)31-7)23-11-12-24-22-10-9-20-18-21(34-27(33)28(2,3)4)14-16-29(20,5)25(22)15-17-30(23,24)6/h19-25H,8-18H2,1-7H3,(H,31,32)/t19-,20-,21-,22?,23-,24?,25?,29+,30-/m1/s1. The Hall–Kier alpha value is -1.06. The molecule has 4 aliphatic carbocycles. The van der Waals surface area contributed by atoms with Crippen LogP contribution in [0.25, 0.3) is 0 Å². The van der Waals surface area contributed by atoms with E-state index in [2.05, 4.69) is 26.1 Å². The molecule has 4 nitrogen and oxygen atoms in total. The zero-order valence-electron chi connectivity index (χ0n) is 23.0. The van der Waals surface area contributed by atoms with Crippen molar-refractivity contribution >= 4 is 11.9 Å². The molecular formula is C30H51NO3. The molecule has 194 valence electrons. The van der Waals surface area contributed by atoms with Gasteiger partial charge in [-0.3, -0.25) is 9.59 Å². The molecule has 0 spiro atoms. The molecule has 9 atom stereocenters. The Morgan fingerprint density at radius 1 is 0.971 bits per heavy atom. The van der Waals surface area contributed by atoms with Crippen molar-refractivity contribution in [2.75, 3.05) is 7.05 Å². The molecule has 4 fully saturated rings. The van der Waals surface area contributed by atoms with E-state index in [0.717, 1.165) is 42.9 Å². The molecule has 4 saturated carbocycles. The van der Waals surface area contributed by atoms with Gasteiger partial charge in [0, 0.05) is 13.5 Å². The Balaban J connectivity index is 1.42. The van der Waals surface area contributed by atoms with Crippen LogP contribution in [0.15, 0.2) is 0 Å². The lowest BCUT2D eigenvalue weighted by atomic mass is 9.44. The van der Waals surface area contributed by atoms with Gasteiger partial charge in [-0.05, 0) is 131 Å². The minimum Gasteiger partial charge on any atom is -0.462 e. The number of hydrogen-bond acceptors (Lipinski definition) is 3. The summed E-state index contributed by atoms with van der Waals surface area (Å²) < 4.78 is 5.99. The lowest BCUT2D eigenvalue weighted by molar-refractivity contribution is -0.170. The number of carbonyl (C=O) groups excluding carboxylic acids is 2. The second-order valence-electron chi connectivity index (χ2n) is 14.1. The first-order chi connectivity index (χ1) is 15.9. The molecule has 0 saturated heterocycles. The van der Waals surface area contributed by atoms with Gasteiger partial charge in [0.2, 0.25) is 5.91 Å². The number of carbonyl (C=O) groups is 2. The second kappa shape index (κ2) is 9.43. The zero-order valence-corrected chi connectivity index (χ0v) is 23.0. The number of amides is 1. The summed E-state index contributed by atoms with van der Waals surface area (Å²) in [6, 6.07) is 0. The Morgan fingerprint density at radius 2 is 1.65 bits per heavy atom. The van der Waals surface area contributed by atoms with Crippen molar-refractivity contribution in [1.29, 1.82) is 0 Å². The Bertz CT molecular complexity index is 772. The van der Waals surface area contributed by atoms with E-state index in [1.807, 2.05) is 20.8 Å². The van der Waals surface area contributed by atoms with Crippen molar-refractivity contribution in [2.24, 2.45) is 51.8 Å². The van der Waals surface area contributed by atoms with Gasteiger partial charge in [0.25, 0.3) is 0 Å². The summed E-state index contributed by atoms with van der Waals surface area (Å²) in [6.45, 7) is 13.5. The van der Waals surface area contributed by atoms with Gasteiger partial charge >= 0.3 is 5.97 Å². The van der Waals surface area contributed by atoms with Crippen LogP contribution in [0, 0.1) is 51.8 Å². The number of fused-ring (bicyclic) bond motifs is 5. The normalized spacial score (nSPS) is 42.7. The fourth-order valence-corrected chi connectivity index (χ4v) is 9.31. The number of nitrogens with one attached hydrogen (secondary N) is 1. The van der Waals surface area contributed by atoms with Crippen LogP contribution in [-0.2, 0) is 14.3 Å². The lowest BCUT2D eigenvalue weighted by Crippen LogP contribution is -2.54.